The highest BCUT2D eigenvalue weighted by Crippen LogP contribution is 2.31. The van der Waals surface area contributed by atoms with Crippen LogP contribution >= 0.6 is 11.6 Å². The van der Waals surface area contributed by atoms with E-state index in [1.54, 1.807) is 21.9 Å². The second-order valence-electron chi connectivity index (χ2n) is 8.74. The third-order valence-electron chi connectivity index (χ3n) is 5.63. The average molecular weight is 523 g/mol. The molecule has 2 aromatic carbocycles. The van der Waals surface area contributed by atoms with Gasteiger partial charge in [-0.3, -0.25) is 9.69 Å². The number of amides is 3. The molecule has 196 valence electrons. The molecule has 0 fully saturated rings. The van der Waals surface area contributed by atoms with Crippen LogP contribution < -0.4 is 10.2 Å². The normalized spacial score (nSPS) is 12.6. The van der Waals surface area contributed by atoms with Crippen LogP contribution in [-0.4, -0.2) is 35.7 Å². The third-order valence-corrected chi connectivity index (χ3v) is 5.94. The standard InChI is InChI=1S/C19H27N3O3.C8H6ClN.C2H2/c1-5-21-12-15-11-16(7-8-17(15)22(6-2)19(21)25)20-18(24)10-13(3)9-14(4)23;1-6-2-3-7(5-10)8(9)4-6;1-2/h7-8,11,13H,5-6,9-10,12H2,1-4H3,(H,20,24);2-4H,1H3;1-2H. The van der Waals surface area contributed by atoms with Crippen molar-refractivity contribution >= 4 is 40.7 Å². The molecule has 3 rings (SSSR count). The predicted octanol–water partition coefficient (Wildman–Crippen LogP) is 6.18. The number of fused-ring (bicyclic) bond motifs is 1. The lowest BCUT2D eigenvalue weighted by molar-refractivity contribution is -0.119. The number of urea groups is 1. The molecule has 1 atom stereocenters. The summed E-state index contributed by atoms with van der Waals surface area (Å²) in [6.07, 6.45) is 8.73. The molecule has 8 heteroatoms. The molecule has 1 unspecified atom stereocenters. The van der Waals surface area contributed by atoms with Crippen LogP contribution in [0, 0.1) is 37.0 Å². The monoisotopic (exact) mass is 522 g/mol. The van der Waals surface area contributed by atoms with Crippen molar-refractivity contribution in [1.82, 2.24) is 4.90 Å². The number of terminal acetylenes is 1. The van der Waals surface area contributed by atoms with Crippen LogP contribution in [0.4, 0.5) is 16.2 Å². The van der Waals surface area contributed by atoms with E-state index in [1.165, 1.54) is 6.92 Å². The lowest BCUT2D eigenvalue weighted by Crippen LogP contribution is -2.46. The Morgan fingerprint density at radius 1 is 1.14 bits per heavy atom. The molecule has 2 aromatic rings. The van der Waals surface area contributed by atoms with E-state index in [0.717, 1.165) is 22.5 Å². The van der Waals surface area contributed by atoms with Crippen LogP contribution in [0.1, 0.15) is 57.2 Å². The van der Waals surface area contributed by atoms with E-state index in [0.29, 0.717) is 43.1 Å². The zero-order chi connectivity index (χ0) is 28.1. The number of nitrogens with zero attached hydrogens (tertiary/aromatic N) is 3. The van der Waals surface area contributed by atoms with Gasteiger partial charge in [-0.2, -0.15) is 5.26 Å². The molecule has 0 radical (unpaired) electrons. The second kappa shape index (κ2) is 15.3. The zero-order valence-electron chi connectivity index (χ0n) is 22.2. The number of aryl methyl sites for hydroxylation is 1. The molecule has 3 amide bonds. The summed E-state index contributed by atoms with van der Waals surface area (Å²) in [5, 5.41) is 11.9. The molecule has 1 aliphatic rings. The van der Waals surface area contributed by atoms with Crippen molar-refractivity contribution in [2.75, 3.05) is 23.3 Å². The Kier molecular flexibility index (Phi) is 12.9. The van der Waals surface area contributed by atoms with Gasteiger partial charge in [-0.05, 0) is 75.1 Å². The first-order valence-electron chi connectivity index (χ1n) is 12.1. The van der Waals surface area contributed by atoms with E-state index in [1.807, 2.05) is 58.0 Å². The maximum absolute atomic E-state index is 12.4. The highest BCUT2D eigenvalue weighted by molar-refractivity contribution is 6.31. The van der Waals surface area contributed by atoms with E-state index < -0.39 is 0 Å². The van der Waals surface area contributed by atoms with E-state index in [2.05, 4.69) is 18.2 Å². The van der Waals surface area contributed by atoms with Gasteiger partial charge in [0.2, 0.25) is 5.91 Å². The molecule has 7 nitrogen and oxygen atoms in total. The average Bonchev–Trinajstić information content (AvgIpc) is 2.85. The summed E-state index contributed by atoms with van der Waals surface area (Å²) in [5.74, 6) is 0.0252. The van der Waals surface area contributed by atoms with Crippen molar-refractivity contribution in [1.29, 1.82) is 5.26 Å². The van der Waals surface area contributed by atoms with Gasteiger partial charge >= 0.3 is 6.03 Å². The summed E-state index contributed by atoms with van der Waals surface area (Å²) in [6, 6.07) is 13.0. The largest absolute Gasteiger partial charge is 0.326 e. The number of nitriles is 1. The fourth-order valence-corrected chi connectivity index (χ4v) is 4.23. The molecule has 0 saturated carbocycles. The fraction of sp³-hybridized carbons (Fsp3) is 0.379. The van der Waals surface area contributed by atoms with Crippen molar-refractivity contribution in [2.45, 2.75) is 54.0 Å². The van der Waals surface area contributed by atoms with Gasteiger partial charge in [0.05, 0.1) is 16.3 Å². The van der Waals surface area contributed by atoms with Crippen LogP contribution in [-0.2, 0) is 16.1 Å². The summed E-state index contributed by atoms with van der Waals surface area (Å²) < 4.78 is 0. The predicted molar refractivity (Wildman–Crippen MR) is 149 cm³/mol. The number of halogens is 1. The van der Waals surface area contributed by atoms with Crippen LogP contribution in [0.5, 0.6) is 0 Å². The van der Waals surface area contributed by atoms with Crippen LogP contribution in [0.2, 0.25) is 5.02 Å². The van der Waals surface area contributed by atoms with Crippen molar-refractivity contribution in [3.63, 3.8) is 0 Å². The first-order valence-corrected chi connectivity index (χ1v) is 12.5. The quantitative estimate of drug-likeness (QED) is 0.439. The Balaban J connectivity index is 0.000000475. The van der Waals surface area contributed by atoms with E-state index in [4.69, 9.17) is 16.9 Å². The number of rotatable bonds is 7. The number of carbonyl (C=O) groups is 3. The van der Waals surface area contributed by atoms with E-state index in [-0.39, 0.29) is 23.6 Å². The minimum absolute atomic E-state index is 0.0207. The van der Waals surface area contributed by atoms with Crippen molar-refractivity contribution in [3.8, 4) is 18.9 Å². The van der Waals surface area contributed by atoms with Crippen LogP contribution in [0.3, 0.4) is 0 Å². The summed E-state index contributed by atoms with van der Waals surface area (Å²) in [6.45, 7) is 11.1. The molecule has 37 heavy (non-hydrogen) atoms. The molecule has 0 saturated heterocycles. The Hall–Kier alpha value is -3.81. The topological polar surface area (TPSA) is 93.5 Å². The molecule has 0 aromatic heterocycles. The number of nitrogens with one attached hydrogen (secondary N) is 1. The van der Waals surface area contributed by atoms with E-state index >= 15 is 0 Å². The van der Waals surface area contributed by atoms with E-state index in [9.17, 15) is 14.4 Å². The maximum atomic E-state index is 12.4. The molecule has 1 aliphatic heterocycles. The highest BCUT2D eigenvalue weighted by Gasteiger charge is 2.28. The van der Waals surface area contributed by atoms with Gasteiger partial charge in [0.15, 0.2) is 0 Å². The molecular weight excluding hydrogens is 488 g/mol. The van der Waals surface area contributed by atoms with Crippen molar-refractivity contribution < 1.29 is 14.4 Å². The Bertz CT molecular complexity index is 1170. The third kappa shape index (κ3) is 9.29. The molecule has 0 spiro atoms. The molecule has 0 bridgehead atoms. The molecule has 0 aliphatic carbocycles. The Morgan fingerprint density at radius 3 is 2.35 bits per heavy atom. The smallest absolute Gasteiger partial charge is 0.324 e. The number of ketones is 1. The molecule has 1 heterocycles. The number of benzene rings is 2. The zero-order valence-corrected chi connectivity index (χ0v) is 22.9. The maximum Gasteiger partial charge on any atom is 0.324 e. The van der Waals surface area contributed by atoms with Gasteiger partial charge in [-0.1, -0.05) is 24.6 Å². The lowest BCUT2D eigenvalue weighted by atomic mass is 10.0. The van der Waals surface area contributed by atoms with Gasteiger partial charge in [0.25, 0.3) is 0 Å². The lowest BCUT2D eigenvalue weighted by Gasteiger charge is -2.36. The minimum atomic E-state index is -0.0970. The fourth-order valence-electron chi connectivity index (χ4n) is 3.96. The van der Waals surface area contributed by atoms with Gasteiger partial charge in [0, 0.05) is 38.2 Å². The highest BCUT2D eigenvalue weighted by atomic mass is 35.5. The van der Waals surface area contributed by atoms with Crippen molar-refractivity contribution in [3.05, 3.63) is 58.1 Å². The number of hydrogen-bond acceptors (Lipinski definition) is 4. The van der Waals surface area contributed by atoms with Crippen LogP contribution in [0.15, 0.2) is 36.4 Å². The SMILES string of the molecule is C#C.CCN1Cc2cc(NC(=O)CC(C)CC(C)=O)ccc2N(CC)C1=O.Cc1ccc(C#N)c(Cl)c1. The van der Waals surface area contributed by atoms with Gasteiger partial charge in [-0.15, -0.1) is 12.8 Å². The van der Waals surface area contributed by atoms with Gasteiger partial charge in [0.1, 0.15) is 11.9 Å². The number of hydrogen-bond donors (Lipinski definition) is 1. The Morgan fingerprint density at radius 2 is 1.81 bits per heavy atom. The number of Topliss-reactive ketones (excluding diaryl/α,β-unsaturated/α-hetero) is 1. The summed E-state index contributed by atoms with van der Waals surface area (Å²) >= 11 is 5.71. The second-order valence-corrected chi connectivity index (χ2v) is 9.15. The summed E-state index contributed by atoms with van der Waals surface area (Å²) in [5.41, 5.74) is 4.26. The van der Waals surface area contributed by atoms with Crippen molar-refractivity contribution in [2.24, 2.45) is 5.92 Å². The summed E-state index contributed by atoms with van der Waals surface area (Å²) in [7, 11) is 0. The van der Waals surface area contributed by atoms with Gasteiger partial charge < -0.3 is 15.0 Å². The van der Waals surface area contributed by atoms with Gasteiger partial charge in [-0.25, -0.2) is 4.79 Å². The summed E-state index contributed by atoms with van der Waals surface area (Å²) in [4.78, 5) is 39.2. The Labute approximate surface area is 225 Å². The molecular formula is C29H35ClN4O3. The minimum Gasteiger partial charge on any atom is -0.326 e. The number of carbonyl (C=O) groups excluding carboxylic acids is 3. The first kappa shape index (κ1) is 31.2. The molecule has 1 N–H and O–H groups in total. The first-order chi connectivity index (χ1) is 17.6. The van der Waals surface area contributed by atoms with Crippen LogP contribution in [0.25, 0.3) is 0 Å². The number of anilines is 2.